The van der Waals surface area contributed by atoms with E-state index in [9.17, 15) is 28.8 Å². The predicted molar refractivity (Wildman–Crippen MR) is 257 cm³/mol. The van der Waals surface area contributed by atoms with Crippen LogP contribution in [0.3, 0.4) is 0 Å². The largest absolute Gasteiger partial charge is 0.460 e. The summed E-state index contributed by atoms with van der Waals surface area (Å²) >= 11 is 0. The lowest BCUT2D eigenvalue weighted by Gasteiger charge is -2.28. The average molecular weight is 925 g/mol. The zero-order valence-electron chi connectivity index (χ0n) is 38.8. The van der Waals surface area contributed by atoms with Crippen LogP contribution in [0, 0.1) is 0 Å². The molecule has 15 heteroatoms. The maximum Gasteiger partial charge on any atom is 0.410 e. The first kappa shape index (κ1) is 48.5. The van der Waals surface area contributed by atoms with E-state index < -0.39 is 65.6 Å². The van der Waals surface area contributed by atoms with Crippen LogP contribution in [0.25, 0.3) is 22.0 Å². The number of carbonyl (C=O) groups is 6. The fraction of sp³-hybridized carbons (Fsp3) is 0.358. The number of hydrogen-bond acceptors (Lipinski definition) is 9. The van der Waals surface area contributed by atoms with Crippen molar-refractivity contribution in [3.8, 4) is 11.1 Å². The molecular formula is C53H60N6O9. The van der Waals surface area contributed by atoms with Gasteiger partial charge in [-0.25, -0.2) is 14.4 Å². The number of nitrogens with one attached hydrogen (secondary N) is 5. The molecular weight excluding hydrogens is 865 g/mol. The maximum atomic E-state index is 14.7. The summed E-state index contributed by atoms with van der Waals surface area (Å²) in [5.41, 5.74) is 5.94. The number of benzene rings is 4. The van der Waals surface area contributed by atoms with Gasteiger partial charge in [0.1, 0.15) is 43.0 Å². The highest BCUT2D eigenvalue weighted by atomic mass is 16.6. The highest BCUT2D eigenvalue weighted by Gasteiger charge is 2.39. The predicted octanol–water partition coefficient (Wildman–Crippen LogP) is 6.86. The van der Waals surface area contributed by atoms with Crippen LogP contribution in [0.5, 0.6) is 0 Å². The number of ether oxygens (including phenoxy) is 3. The lowest BCUT2D eigenvalue weighted by Crippen LogP contribution is -2.58. The van der Waals surface area contributed by atoms with E-state index in [0.717, 1.165) is 44.3 Å². The third kappa shape index (κ3) is 12.3. The van der Waals surface area contributed by atoms with E-state index in [1.807, 2.05) is 91.0 Å². The fourth-order valence-corrected chi connectivity index (χ4v) is 8.84. The zero-order chi connectivity index (χ0) is 48.2. The molecule has 0 bridgehead atoms. The van der Waals surface area contributed by atoms with Gasteiger partial charge in [-0.05, 0) is 85.9 Å². The van der Waals surface area contributed by atoms with Gasteiger partial charge in [0.15, 0.2) is 0 Å². The molecule has 4 atom stereocenters. The number of para-hydroxylation sites is 1. The lowest BCUT2D eigenvalue weighted by molar-refractivity contribution is -0.147. The summed E-state index contributed by atoms with van der Waals surface area (Å²) in [6, 6.07) is 28.3. The second kappa shape index (κ2) is 22.4. The molecule has 4 aromatic carbocycles. The summed E-state index contributed by atoms with van der Waals surface area (Å²) < 4.78 is 16.6. The first-order chi connectivity index (χ1) is 32.8. The number of fused-ring (bicyclic) bond motifs is 4. The van der Waals surface area contributed by atoms with E-state index in [1.165, 1.54) is 11.0 Å². The molecule has 0 unspecified atom stereocenters. The van der Waals surface area contributed by atoms with Crippen molar-refractivity contribution >= 4 is 46.8 Å². The minimum absolute atomic E-state index is 0.0407. The molecule has 0 spiro atoms. The Hall–Kier alpha value is -7.42. The van der Waals surface area contributed by atoms with Crippen molar-refractivity contribution in [2.45, 2.75) is 95.0 Å². The summed E-state index contributed by atoms with van der Waals surface area (Å²) in [4.78, 5) is 87.5. The Balaban J connectivity index is 1.08. The van der Waals surface area contributed by atoms with Crippen LogP contribution < -0.4 is 21.3 Å². The van der Waals surface area contributed by atoms with E-state index in [0.29, 0.717) is 19.4 Å². The molecule has 0 saturated carbocycles. The van der Waals surface area contributed by atoms with Gasteiger partial charge in [0, 0.05) is 48.9 Å². The van der Waals surface area contributed by atoms with Crippen molar-refractivity contribution in [1.29, 1.82) is 0 Å². The number of H-pyrrole nitrogens is 1. The SMILES string of the molecule is C=CCOC(=O)[C@H](CCCNC(=O)OC(C)(C)C)NC(=O)[C@@H](Cc1ccccc1)NC(=O)[C@H](Cc1c[nH]c2ccccc12)NC(=O)[C@@H]1CCCN1C(=O)OCC1c2ccccc2-c2ccccc21. The third-order valence-corrected chi connectivity index (χ3v) is 12.1. The molecule has 1 fully saturated rings. The Labute approximate surface area is 396 Å². The summed E-state index contributed by atoms with van der Waals surface area (Å²) in [5, 5.41) is 12.1. The van der Waals surface area contributed by atoms with E-state index in [-0.39, 0.29) is 51.4 Å². The monoisotopic (exact) mass is 924 g/mol. The van der Waals surface area contributed by atoms with Crippen LogP contribution in [-0.4, -0.2) is 102 Å². The first-order valence-corrected chi connectivity index (χ1v) is 23.2. The van der Waals surface area contributed by atoms with E-state index >= 15 is 0 Å². The number of esters is 1. The van der Waals surface area contributed by atoms with Crippen molar-refractivity contribution in [1.82, 2.24) is 31.2 Å². The summed E-state index contributed by atoms with van der Waals surface area (Å²) in [6.07, 6.45) is 3.29. The molecule has 5 amide bonds. The standard InChI is InChI=1S/C53H60N6O9/c1-5-29-66-50(63)43(25-15-27-54-51(64)68-53(2,3)4)56-47(60)44(30-34-17-7-6-8-18-34)57-48(61)45(31-35-32-55-42-24-14-13-19-36(35)42)58-49(62)46-26-16-28-59(46)52(65)67-33-41-39-22-11-9-20-37(39)38-21-10-12-23-40(38)41/h5-14,17-24,32,41,43-46,55H,1,15-16,25-31,33H2,2-4H3,(H,54,64)(H,56,60)(H,57,61)(H,58,62)/t43-,44+,45-,46-/m0/s1. The van der Waals surface area contributed by atoms with Gasteiger partial charge < -0.3 is 40.5 Å². The zero-order valence-corrected chi connectivity index (χ0v) is 38.8. The maximum absolute atomic E-state index is 14.7. The Morgan fingerprint density at radius 1 is 0.779 bits per heavy atom. The second-order valence-electron chi connectivity index (χ2n) is 18.1. The molecule has 7 rings (SSSR count). The summed E-state index contributed by atoms with van der Waals surface area (Å²) in [5.74, 6) is -2.75. The average Bonchev–Trinajstić information content (AvgIpc) is 4.07. The number of aromatic amines is 1. The van der Waals surface area contributed by atoms with Gasteiger partial charge in [-0.2, -0.15) is 0 Å². The molecule has 5 aromatic rings. The Morgan fingerprint density at radius 3 is 2.10 bits per heavy atom. The van der Waals surface area contributed by atoms with Gasteiger partial charge in [-0.3, -0.25) is 19.3 Å². The number of nitrogens with zero attached hydrogens (tertiary/aromatic N) is 1. The van der Waals surface area contributed by atoms with Crippen LogP contribution in [0.4, 0.5) is 9.59 Å². The highest BCUT2D eigenvalue weighted by molar-refractivity contribution is 5.96. The van der Waals surface area contributed by atoms with Gasteiger partial charge in [0.05, 0.1) is 0 Å². The number of carbonyl (C=O) groups excluding carboxylic acids is 6. The van der Waals surface area contributed by atoms with Crippen molar-refractivity contribution < 1.29 is 43.0 Å². The van der Waals surface area contributed by atoms with Crippen molar-refractivity contribution in [2.24, 2.45) is 0 Å². The molecule has 2 aliphatic rings. The molecule has 2 heterocycles. The molecule has 15 nitrogen and oxygen atoms in total. The van der Waals surface area contributed by atoms with Crippen LogP contribution in [0.1, 0.15) is 74.6 Å². The van der Waals surface area contributed by atoms with Crippen molar-refractivity contribution in [2.75, 3.05) is 26.3 Å². The summed E-state index contributed by atoms with van der Waals surface area (Å²) in [6.45, 7) is 9.28. The van der Waals surface area contributed by atoms with Crippen LogP contribution in [-0.2, 0) is 46.2 Å². The number of rotatable bonds is 19. The number of aromatic nitrogens is 1. The fourth-order valence-electron chi connectivity index (χ4n) is 8.84. The van der Waals surface area contributed by atoms with E-state index in [1.54, 1.807) is 27.0 Å². The lowest BCUT2D eigenvalue weighted by atomic mass is 9.98. The molecule has 0 radical (unpaired) electrons. The van der Waals surface area contributed by atoms with E-state index in [2.05, 4.69) is 45.0 Å². The normalized spacial score (nSPS) is 15.5. The molecule has 5 N–H and O–H groups in total. The van der Waals surface area contributed by atoms with Gasteiger partial charge in [-0.15, -0.1) is 0 Å². The highest BCUT2D eigenvalue weighted by Crippen LogP contribution is 2.44. The van der Waals surface area contributed by atoms with Gasteiger partial charge in [0.2, 0.25) is 17.7 Å². The van der Waals surface area contributed by atoms with Gasteiger partial charge in [0.25, 0.3) is 0 Å². The number of likely N-dealkylation sites (tertiary alicyclic amines) is 1. The summed E-state index contributed by atoms with van der Waals surface area (Å²) in [7, 11) is 0. The smallest absolute Gasteiger partial charge is 0.410 e. The minimum Gasteiger partial charge on any atom is -0.460 e. The van der Waals surface area contributed by atoms with Crippen LogP contribution in [0.15, 0.2) is 122 Å². The minimum atomic E-state index is -1.22. The Kier molecular flexibility index (Phi) is 16.0. The molecule has 1 saturated heterocycles. The van der Waals surface area contributed by atoms with Crippen molar-refractivity contribution in [3.63, 3.8) is 0 Å². The van der Waals surface area contributed by atoms with Crippen LogP contribution >= 0.6 is 0 Å². The molecule has 1 aliphatic carbocycles. The molecule has 1 aromatic heterocycles. The number of hydrogen-bond donors (Lipinski definition) is 5. The van der Waals surface area contributed by atoms with Gasteiger partial charge in [-0.1, -0.05) is 110 Å². The quantitative estimate of drug-likeness (QED) is 0.0255. The number of alkyl carbamates (subject to hydrolysis) is 1. The Morgan fingerprint density at radius 2 is 1.41 bits per heavy atom. The van der Waals surface area contributed by atoms with Crippen LogP contribution in [0.2, 0.25) is 0 Å². The van der Waals surface area contributed by atoms with Crippen molar-refractivity contribution in [3.05, 3.63) is 144 Å². The Bertz CT molecular complexity index is 2560. The third-order valence-electron chi connectivity index (χ3n) is 12.1. The topological polar surface area (TPSA) is 197 Å². The first-order valence-electron chi connectivity index (χ1n) is 23.2. The number of amides is 5. The second-order valence-corrected chi connectivity index (χ2v) is 18.1. The molecule has 68 heavy (non-hydrogen) atoms. The van der Waals surface area contributed by atoms with Gasteiger partial charge >= 0.3 is 18.2 Å². The van der Waals surface area contributed by atoms with E-state index in [4.69, 9.17) is 14.2 Å². The molecule has 1 aliphatic heterocycles. The molecule has 356 valence electrons.